The highest BCUT2D eigenvalue weighted by Gasteiger charge is 2.11. The molecule has 1 heterocycles. The Labute approximate surface area is 98.5 Å². The van der Waals surface area contributed by atoms with E-state index in [1.54, 1.807) is 30.5 Å². The van der Waals surface area contributed by atoms with Crippen LogP contribution in [0.1, 0.15) is 15.9 Å². The summed E-state index contributed by atoms with van der Waals surface area (Å²) in [4.78, 5) is 15.0. The minimum atomic E-state index is -1.02. The second-order valence-electron chi connectivity index (χ2n) is 3.58. The van der Waals surface area contributed by atoms with E-state index in [2.05, 4.69) is 4.98 Å². The summed E-state index contributed by atoms with van der Waals surface area (Å²) in [5, 5.41) is 8.99. The average molecular weight is 229 g/mol. The molecule has 4 nitrogen and oxygen atoms in total. The molecular formula is C13H11NO3. The van der Waals surface area contributed by atoms with Gasteiger partial charge in [0.05, 0.1) is 0 Å². The number of pyridine rings is 1. The molecule has 2 rings (SSSR count). The zero-order chi connectivity index (χ0) is 12.3. The number of aryl methyl sites for hydroxylation is 1. The number of rotatable bonds is 3. The van der Waals surface area contributed by atoms with Gasteiger partial charge < -0.3 is 9.84 Å². The van der Waals surface area contributed by atoms with Gasteiger partial charge in [-0.2, -0.15) is 0 Å². The van der Waals surface area contributed by atoms with Gasteiger partial charge in [-0.15, -0.1) is 0 Å². The molecule has 1 aromatic heterocycles. The van der Waals surface area contributed by atoms with Gasteiger partial charge in [-0.25, -0.2) is 9.78 Å². The Morgan fingerprint density at radius 1 is 1.24 bits per heavy atom. The minimum Gasteiger partial charge on any atom is -0.478 e. The Hall–Kier alpha value is -2.36. The molecule has 0 bridgehead atoms. The molecule has 0 fully saturated rings. The lowest BCUT2D eigenvalue weighted by Crippen LogP contribution is -2.00. The molecule has 0 saturated heterocycles. The quantitative estimate of drug-likeness (QED) is 0.879. The van der Waals surface area contributed by atoms with Gasteiger partial charge in [0.1, 0.15) is 11.3 Å². The molecular weight excluding hydrogens is 218 g/mol. The first kappa shape index (κ1) is 11.1. The van der Waals surface area contributed by atoms with E-state index in [-0.39, 0.29) is 11.3 Å². The highest BCUT2D eigenvalue weighted by molar-refractivity contribution is 5.90. The zero-order valence-corrected chi connectivity index (χ0v) is 9.25. The van der Waals surface area contributed by atoms with Gasteiger partial charge in [-0.3, -0.25) is 0 Å². The van der Waals surface area contributed by atoms with E-state index in [4.69, 9.17) is 9.84 Å². The van der Waals surface area contributed by atoms with Gasteiger partial charge >= 0.3 is 5.97 Å². The van der Waals surface area contributed by atoms with Crippen molar-refractivity contribution < 1.29 is 14.6 Å². The summed E-state index contributed by atoms with van der Waals surface area (Å²) in [5.74, 6) is -0.353. The third-order valence-electron chi connectivity index (χ3n) is 2.22. The number of hydrogen-bond acceptors (Lipinski definition) is 3. The molecule has 0 saturated carbocycles. The molecule has 0 radical (unpaired) electrons. The average Bonchev–Trinajstić information content (AvgIpc) is 2.32. The van der Waals surface area contributed by atoms with Crippen molar-refractivity contribution in [2.24, 2.45) is 0 Å². The molecule has 0 spiro atoms. The van der Waals surface area contributed by atoms with E-state index in [0.717, 1.165) is 5.56 Å². The number of hydrogen-bond donors (Lipinski definition) is 1. The second-order valence-corrected chi connectivity index (χ2v) is 3.58. The number of ether oxygens (including phenoxy) is 1. The number of carboxylic acids is 1. The number of aromatic carboxylic acids is 1. The Morgan fingerprint density at radius 2 is 2.00 bits per heavy atom. The van der Waals surface area contributed by atoms with Crippen molar-refractivity contribution in [1.82, 2.24) is 4.98 Å². The molecule has 86 valence electrons. The molecule has 0 amide bonds. The van der Waals surface area contributed by atoms with Gasteiger partial charge in [0, 0.05) is 12.3 Å². The summed E-state index contributed by atoms with van der Waals surface area (Å²) in [7, 11) is 0. The van der Waals surface area contributed by atoms with Gasteiger partial charge in [-0.1, -0.05) is 18.2 Å². The smallest absolute Gasteiger partial charge is 0.339 e. The molecule has 17 heavy (non-hydrogen) atoms. The summed E-state index contributed by atoms with van der Waals surface area (Å²) in [5.41, 5.74) is 1.14. The lowest BCUT2D eigenvalue weighted by molar-refractivity contribution is 0.0694. The predicted octanol–water partition coefficient (Wildman–Crippen LogP) is 2.88. The van der Waals surface area contributed by atoms with Crippen LogP contribution in [0.2, 0.25) is 0 Å². The normalized spacial score (nSPS) is 9.94. The summed E-state index contributed by atoms with van der Waals surface area (Å²) in [6, 6.07) is 10.0. The van der Waals surface area contributed by atoms with E-state index in [0.29, 0.717) is 5.88 Å². The Kier molecular flexibility index (Phi) is 3.05. The van der Waals surface area contributed by atoms with Gasteiger partial charge in [-0.05, 0) is 24.6 Å². The van der Waals surface area contributed by atoms with Crippen LogP contribution in [0, 0.1) is 6.92 Å². The minimum absolute atomic E-state index is 0.120. The van der Waals surface area contributed by atoms with Crippen molar-refractivity contribution in [2.75, 3.05) is 0 Å². The molecule has 0 aliphatic heterocycles. The van der Waals surface area contributed by atoms with Gasteiger partial charge in [0.2, 0.25) is 5.88 Å². The Bertz CT molecular complexity index is 535. The van der Waals surface area contributed by atoms with Crippen molar-refractivity contribution in [3.05, 3.63) is 53.7 Å². The van der Waals surface area contributed by atoms with Crippen LogP contribution in [0.15, 0.2) is 42.6 Å². The molecule has 2 aromatic rings. The van der Waals surface area contributed by atoms with Crippen molar-refractivity contribution >= 4 is 5.97 Å². The number of benzene rings is 1. The van der Waals surface area contributed by atoms with Crippen LogP contribution < -0.4 is 4.74 Å². The van der Waals surface area contributed by atoms with Crippen molar-refractivity contribution in [2.45, 2.75) is 6.92 Å². The van der Waals surface area contributed by atoms with Gasteiger partial charge in [0.25, 0.3) is 0 Å². The summed E-state index contributed by atoms with van der Waals surface area (Å²) < 4.78 is 5.43. The Morgan fingerprint density at radius 3 is 2.65 bits per heavy atom. The maximum absolute atomic E-state index is 11.0. The fourth-order valence-corrected chi connectivity index (χ4v) is 1.36. The lowest BCUT2D eigenvalue weighted by Gasteiger charge is -2.07. The first-order valence-corrected chi connectivity index (χ1v) is 5.09. The molecule has 1 aromatic carbocycles. The first-order chi connectivity index (χ1) is 8.16. The SMILES string of the molecule is Cc1ccc(Oc2ccccc2C(=O)O)nc1. The van der Waals surface area contributed by atoms with Crippen LogP contribution in [-0.2, 0) is 0 Å². The molecule has 0 atom stereocenters. The number of carbonyl (C=O) groups is 1. The number of nitrogens with zero attached hydrogens (tertiary/aromatic N) is 1. The van der Waals surface area contributed by atoms with Crippen molar-refractivity contribution in [1.29, 1.82) is 0 Å². The van der Waals surface area contributed by atoms with E-state index in [9.17, 15) is 4.79 Å². The largest absolute Gasteiger partial charge is 0.478 e. The maximum atomic E-state index is 11.0. The van der Waals surface area contributed by atoms with Crippen LogP contribution in [0.3, 0.4) is 0 Å². The maximum Gasteiger partial charge on any atom is 0.339 e. The van der Waals surface area contributed by atoms with Crippen LogP contribution in [-0.4, -0.2) is 16.1 Å². The Balaban J connectivity index is 2.30. The predicted molar refractivity (Wildman–Crippen MR) is 62.4 cm³/mol. The van der Waals surface area contributed by atoms with Crippen molar-refractivity contribution in [3.63, 3.8) is 0 Å². The van der Waals surface area contributed by atoms with Gasteiger partial charge in [0.15, 0.2) is 0 Å². The van der Waals surface area contributed by atoms with Crippen LogP contribution in [0.25, 0.3) is 0 Å². The highest BCUT2D eigenvalue weighted by atomic mass is 16.5. The summed E-state index contributed by atoms with van der Waals surface area (Å²) >= 11 is 0. The zero-order valence-electron chi connectivity index (χ0n) is 9.25. The molecule has 0 aliphatic carbocycles. The van der Waals surface area contributed by atoms with Crippen LogP contribution >= 0.6 is 0 Å². The van der Waals surface area contributed by atoms with Crippen LogP contribution in [0.5, 0.6) is 11.6 Å². The van der Waals surface area contributed by atoms with E-state index < -0.39 is 5.97 Å². The van der Waals surface area contributed by atoms with Crippen LogP contribution in [0.4, 0.5) is 0 Å². The second kappa shape index (κ2) is 4.65. The fourth-order valence-electron chi connectivity index (χ4n) is 1.36. The number of carboxylic acid groups (broad SMARTS) is 1. The van der Waals surface area contributed by atoms with E-state index in [1.807, 2.05) is 13.0 Å². The third kappa shape index (κ3) is 2.60. The third-order valence-corrected chi connectivity index (χ3v) is 2.22. The fraction of sp³-hybridized carbons (Fsp3) is 0.0769. The lowest BCUT2D eigenvalue weighted by atomic mass is 10.2. The monoisotopic (exact) mass is 229 g/mol. The molecule has 4 heteroatoms. The standard InChI is InChI=1S/C13H11NO3/c1-9-6-7-12(14-8-9)17-11-5-3-2-4-10(11)13(15)16/h2-8H,1H3,(H,15,16). The summed E-state index contributed by atoms with van der Waals surface area (Å²) in [6.07, 6.45) is 1.67. The number of para-hydroxylation sites is 1. The van der Waals surface area contributed by atoms with E-state index in [1.165, 1.54) is 6.07 Å². The highest BCUT2D eigenvalue weighted by Crippen LogP contribution is 2.23. The molecule has 0 unspecified atom stereocenters. The summed E-state index contributed by atoms with van der Waals surface area (Å²) in [6.45, 7) is 1.92. The molecule has 0 aliphatic rings. The van der Waals surface area contributed by atoms with Crippen molar-refractivity contribution in [3.8, 4) is 11.6 Å². The first-order valence-electron chi connectivity index (χ1n) is 5.09. The van der Waals surface area contributed by atoms with E-state index >= 15 is 0 Å². The topological polar surface area (TPSA) is 59.4 Å². The number of aromatic nitrogens is 1. The molecule has 1 N–H and O–H groups in total.